The number of ether oxygens (including phenoxy) is 2. The van der Waals surface area contributed by atoms with Crippen LogP contribution in [0.15, 0.2) is 18.2 Å². The second-order valence-corrected chi connectivity index (χ2v) is 6.80. The Morgan fingerprint density at radius 1 is 1.26 bits per heavy atom. The Kier molecular flexibility index (Phi) is 3.49. The van der Waals surface area contributed by atoms with E-state index >= 15 is 0 Å². The van der Waals surface area contributed by atoms with Gasteiger partial charge in [-0.05, 0) is 31.0 Å². The Bertz CT molecular complexity index is 577. The number of hydrogen-bond donors (Lipinski definition) is 0. The van der Waals surface area contributed by atoms with Gasteiger partial charge in [0.15, 0.2) is 11.5 Å². The first-order chi connectivity index (χ1) is 8.65. The Morgan fingerprint density at radius 3 is 2.53 bits per heavy atom. The Hall–Kier alpha value is -1.27. The molecule has 0 amide bonds. The first-order valence-corrected chi connectivity index (χ1v) is 7.85. The molecular weight excluding hydrogens is 268 g/mol. The van der Waals surface area contributed by atoms with E-state index < -0.39 is 22.0 Å². The molecule has 6 heteroatoms. The third-order valence-corrected chi connectivity index (χ3v) is 3.26. The second kappa shape index (κ2) is 4.68. The van der Waals surface area contributed by atoms with E-state index in [1.54, 1.807) is 6.92 Å². The average Bonchev–Trinajstić information content (AvgIpc) is 2.47. The standard InChI is InChI=1S/C13H18O5S/c1-9(18-19(4,14)15)7-10-5-6-11-12(8-10)17-13(2,3)16-11/h5-6,8-9H,7H2,1-4H3. The molecule has 2 rings (SSSR count). The van der Waals surface area contributed by atoms with Gasteiger partial charge in [0.25, 0.3) is 10.1 Å². The molecule has 0 aromatic heterocycles. The Morgan fingerprint density at radius 2 is 1.89 bits per heavy atom. The van der Waals surface area contributed by atoms with Gasteiger partial charge in [-0.1, -0.05) is 6.07 Å². The first kappa shape index (κ1) is 14.1. The minimum absolute atomic E-state index is 0.414. The predicted molar refractivity (Wildman–Crippen MR) is 70.9 cm³/mol. The molecule has 1 aromatic carbocycles. The number of rotatable bonds is 4. The molecule has 1 atom stereocenters. The summed E-state index contributed by atoms with van der Waals surface area (Å²) in [4.78, 5) is 0. The van der Waals surface area contributed by atoms with Crippen molar-refractivity contribution in [1.29, 1.82) is 0 Å². The van der Waals surface area contributed by atoms with Crippen molar-refractivity contribution in [3.8, 4) is 11.5 Å². The predicted octanol–water partition coefficient (Wildman–Crippen LogP) is 2.10. The molecule has 0 aliphatic carbocycles. The highest BCUT2D eigenvalue weighted by Crippen LogP contribution is 2.39. The fourth-order valence-corrected chi connectivity index (χ4v) is 2.72. The second-order valence-electron chi connectivity index (χ2n) is 5.20. The normalized spacial score (nSPS) is 18.3. The summed E-state index contributed by atoms with van der Waals surface area (Å²) in [5, 5.41) is 0. The van der Waals surface area contributed by atoms with Gasteiger partial charge in [0.1, 0.15) is 0 Å². The van der Waals surface area contributed by atoms with E-state index in [-0.39, 0.29) is 0 Å². The lowest BCUT2D eigenvalue weighted by molar-refractivity contribution is -0.0431. The van der Waals surface area contributed by atoms with E-state index in [1.165, 1.54) is 0 Å². The Labute approximate surface area is 113 Å². The lowest BCUT2D eigenvalue weighted by Gasteiger charge is -2.16. The maximum Gasteiger partial charge on any atom is 0.264 e. The Balaban J connectivity index is 2.08. The van der Waals surface area contributed by atoms with Crippen molar-refractivity contribution < 1.29 is 22.1 Å². The van der Waals surface area contributed by atoms with Crippen molar-refractivity contribution in [2.45, 2.75) is 39.1 Å². The van der Waals surface area contributed by atoms with Crippen LogP contribution in [0.25, 0.3) is 0 Å². The van der Waals surface area contributed by atoms with E-state index in [9.17, 15) is 8.42 Å². The molecule has 19 heavy (non-hydrogen) atoms. The molecule has 0 radical (unpaired) electrons. The van der Waals surface area contributed by atoms with Crippen LogP contribution in [0.3, 0.4) is 0 Å². The fraction of sp³-hybridized carbons (Fsp3) is 0.538. The summed E-state index contributed by atoms with van der Waals surface area (Å²) in [5.41, 5.74) is 0.941. The molecule has 1 unspecified atom stereocenters. The van der Waals surface area contributed by atoms with Gasteiger partial charge in [0.05, 0.1) is 12.4 Å². The maximum absolute atomic E-state index is 11.0. The van der Waals surface area contributed by atoms with Crippen LogP contribution < -0.4 is 9.47 Å². The van der Waals surface area contributed by atoms with Gasteiger partial charge < -0.3 is 9.47 Å². The van der Waals surface area contributed by atoms with Crippen molar-refractivity contribution in [3.05, 3.63) is 23.8 Å². The van der Waals surface area contributed by atoms with Gasteiger partial charge in [0, 0.05) is 13.8 Å². The van der Waals surface area contributed by atoms with Crippen LogP contribution in [-0.4, -0.2) is 26.6 Å². The molecule has 5 nitrogen and oxygen atoms in total. The van der Waals surface area contributed by atoms with Gasteiger partial charge >= 0.3 is 0 Å². The first-order valence-electron chi connectivity index (χ1n) is 6.04. The molecule has 0 spiro atoms. The molecule has 1 aromatic rings. The summed E-state index contributed by atoms with van der Waals surface area (Å²) < 4.78 is 38.2. The van der Waals surface area contributed by atoms with Crippen LogP contribution in [0.1, 0.15) is 26.3 Å². The van der Waals surface area contributed by atoms with E-state index in [0.717, 1.165) is 11.8 Å². The maximum atomic E-state index is 11.0. The molecule has 1 aliphatic heterocycles. The van der Waals surface area contributed by atoms with Gasteiger partial charge in [-0.2, -0.15) is 8.42 Å². The van der Waals surface area contributed by atoms with Crippen LogP contribution >= 0.6 is 0 Å². The molecule has 1 aliphatic rings. The molecule has 1 heterocycles. The SMILES string of the molecule is CC(Cc1ccc2c(c1)OC(C)(C)O2)OS(C)(=O)=O. The zero-order valence-electron chi connectivity index (χ0n) is 11.5. The van der Waals surface area contributed by atoms with Gasteiger partial charge in [-0.3, -0.25) is 4.18 Å². The highest BCUT2D eigenvalue weighted by molar-refractivity contribution is 7.86. The summed E-state index contributed by atoms with van der Waals surface area (Å²) in [7, 11) is -3.43. The number of fused-ring (bicyclic) bond motifs is 1. The number of benzene rings is 1. The molecule has 0 saturated carbocycles. The van der Waals surface area contributed by atoms with Crippen molar-refractivity contribution >= 4 is 10.1 Å². The third-order valence-electron chi connectivity index (χ3n) is 2.58. The minimum Gasteiger partial charge on any atom is -0.449 e. The lowest BCUT2D eigenvalue weighted by Crippen LogP contribution is -2.29. The topological polar surface area (TPSA) is 61.8 Å². The van der Waals surface area contributed by atoms with Crippen LogP contribution in [-0.2, 0) is 20.7 Å². The summed E-state index contributed by atoms with van der Waals surface area (Å²) >= 11 is 0. The lowest BCUT2D eigenvalue weighted by atomic mass is 10.1. The molecular formula is C13H18O5S. The largest absolute Gasteiger partial charge is 0.449 e. The molecule has 0 fully saturated rings. The van der Waals surface area contributed by atoms with Crippen molar-refractivity contribution in [2.24, 2.45) is 0 Å². The fourth-order valence-electron chi connectivity index (χ4n) is 2.06. The smallest absolute Gasteiger partial charge is 0.264 e. The average molecular weight is 286 g/mol. The van der Waals surface area contributed by atoms with Gasteiger partial charge in [-0.25, -0.2) is 0 Å². The van der Waals surface area contributed by atoms with E-state index in [1.807, 2.05) is 32.0 Å². The molecule has 106 valence electrons. The highest BCUT2D eigenvalue weighted by atomic mass is 32.2. The number of hydrogen-bond acceptors (Lipinski definition) is 5. The zero-order valence-corrected chi connectivity index (χ0v) is 12.3. The monoisotopic (exact) mass is 286 g/mol. The van der Waals surface area contributed by atoms with Gasteiger partial charge in [-0.15, -0.1) is 0 Å². The van der Waals surface area contributed by atoms with Gasteiger partial charge in [0.2, 0.25) is 5.79 Å². The van der Waals surface area contributed by atoms with Crippen LogP contribution in [0, 0.1) is 0 Å². The van der Waals surface area contributed by atoms with Crippen molar-refractivity contribution in [1.82, 2.24) is 0 Å². The van der Waals surface area contributed by atoms with E-state index in [2.05, 4.69) is 0 Å². The zero-order chi connectivity index (χ0) is 14.3. The van der Waals surface area contributed by atoms with Crippen LogP contribution in [0.2, 0.25) is 0 Å². The van der Waals surface area contributed by atoms with Crippen molar-refractivity contribution in [2.75, 3.05) is 6.26 Å². The minimum atomic E-state index is -3.43. The van der Waals surface area contributed by atoms with E-state index in [4.69, 9.17) is 13.7 Å². The van der Waals surface area contributed by atoms with Crippen LogP contribution in [0.5, 0.6) is 11.5 Å². The summed E-state index contributed by atoms with van der Waals surface area (Å²) in [6.07, 6.45) is 1.12. The third kappa shape index (κ3) is 3.84. The van der Waals surface area contributed by atoms with Crippen LogP contribution in [0.4, 0.5) is 0 Å². The van der Waals surface area contributed by atoms with E-state index in [0.29, 0.717) is 17.9 Å². The molecule has 0 N–H and O–H groups in total. The summed E-state index contributed by atoms with van der Waals surface area (Å²) in [5.74, 6) is 0.718. The summed E-state index contributed by atoms with van der Waals surface area (Å²) in [6.45, 7) is 5.39. The highest BCUT2D eigenvalue weighted by Gasteiger charge is 2.31. The summed E-state index contributed by atoms with van der Waals surface area (Å²) in [6, 6.07) is 5.56. The molecule has 0 bridgehead atoms. The van der Waals surface area contributed by atoms with Crippen molar-refractivity contribution in [3.63, 3.8) is 0 Å². The molecule has 0 saturated heterocycles. The quantitative estimate of drug-likeness (QED) is 0.793.